The highest BCUT2D eigenvalue weighted by Crippen LogP contribution is 2.25. The van der Waals surface area contributed by atoms with E-state index in [2.05, 4.69) is 10.0 Å². The van der Waals surface area contributed by atoms with Crippen LogP contribution in [0.25, 0.3) is 0 Å². The van der Waals surface area contributed by atoms with Gasteiger partial charge in [0.25, 0.3) is 5.91 Å². The molecule has 0 heterocycles. The van der Waals surface area contributed by atoms with E-state index < -0.39 is 10.0 Å². The van der Waals surface area contributed by atoms with Crippen molar-refractivity contribution in [2.24, 2.45) is 0 Å². The monoisotopic (exact) mass is 476 g/mol. The molecule has 0 saturated heterocycles. The summed E-state index contributed by atoms with van der Waals surface area (Å²) < 4.78 is 27.4. The van der Waals surface area contributed by atoms with Crippen molar-refractivity contribution in [1.29, 1.82) is 0 Å². The Labute approximate surface area is 190 Å². The fourth-order valence-electron chi connectivity index (χ4n) is 2.68. The standard InChI is InChI=1S/C22H18Cl2N2O4S/c1-14(27)16-6-9-19(10-7-16)31(29,30)25-13-15-2-4-17(5-3-15)22(28)26-18-8-11-20(23)21(24)12-18/h2-12,25H,13H2,1H3,(H,26,28). The summed E-state index contributed by atoms with van der Waals surface area (Å²) in [5, 5.41) is 3.44. The van der Waals surface area contributed by atoms with Crippen molar-refractivity contribution in [3.05, 3.63) is 93.5 Å². The van der Waals surface area contributed by atoms with Crippen molar-refractivity contribution in [3.8, 4) is 0 Å². The van der Waals surface area contributed by atoms with Crippen LogP contribution >= 0.6 is 23.2 Å². The number of hydrogen-bond donors (Lipinski definition) is 2. The smallest absolute Gasteiger partial charge is 0.255 e. The minimum absolute atomic E-state index is 0.0471. The molecule has 0 spiro atoms. The number of Topliss-reactive ketones (excluding diaryl/α,β-unsaturated/α-hetero) is 1. The molecule has 0 aliphatic rings. The summed E-state index contributed by atoms with van der Waals surface area (Å²) in [5.74, 6) is -0.476. The predicted molar refractivity (Wildman–Crippen MR) is 121 cm³/mol. The van der Waals surface area contributed by atoms with E-state index in [0.29, 0.717) is 32.4 Å². The Bertz CT molecular complexity index is 1230. The molecule has 9 heteroatoms. The zero-order valence-electron chi connectivity index (χ0n) is 16.4. The SMILES string of the molecule is CC(=O)c1ccc(S(=O)(=O)NCc2ccc(C(=O)Nc3ccc(Cl)c(Cl)c3)cc2)cc1. The minimum Gasteiger partial charge on any atom is -0.322 e. The van der Waals surface area contributed by atoms with Crippen LogP contribution in [0.5, 0.6) is 0 Å². The number of carbonyl (C=O) groups is 2. The lowest BCUT2D eigenvalue weighted by atomic mass is 10.1. The van der Waals surface area contributed by atoms with Crippen LogP contribution in [-0.2, 0) is 16.6 Å². The number of rotatable bonds is 7. The molecule has 3 aromatic carbocycles. The van der Waals surface area contributed by atoms with Crippen LogP contribution in [0.1, 0.15) is 33.2 Å². The van der Waals surface area contributed by atoms with Crippen LogP contribution in [0, 0.1) is 0 Å². The summed E-state index contributed by atoms with van der Waals surface area (Å²) in [6, 6.07) is 17.0. The number of amides is 1. The molecule has 0 bridgehead atoms. The fraction of sp³-hybridized carbons (Fsp3) is 0.0909. The molecule has 2 N–H and O–H groups in total. The maximum Gasteiger partial charge on any atom is 0.255 e. The van der Waals surface area contributed by atoms with Crippen molar-refractivity contribution in [1.82, 2.24) is 4.72 Å². The van der Waals surface area contributed by atoms with Crippen molar-refractivity contribution in [3.63, 3.8) is 0 Å². The number of hydrogen-bond acceptors (Lipinski definition) is 4. The van der Waals surface area contributed by atoms with E-state index in [1.807, 2.05) is 0 Å². The molecule has 0 aliphatic heterocycles. The van der Waals surface area contributed by atoms with Crippen LogP contribution < -0.4 is 10.0 Å². The molecule has 1 amide bonds. The van der Waals surface area contributed by atoms with Gasteiger partial charge in [0.05, 0.1) is 14.9 Å². The van der Waals surface area contributed by atoms with E-state index >= 15 is 0 Å². The summed E-state index contributed by atoms with van der Waals surface area (Å²) in [6.45, 7) is 1.46. The average molecular weight is 477 g/mol. The number of halogens is 2. The Kier molecular flexibility index (Phi) is 7.12. The van der Waals surface area contributed by atoms with Gasteiger partial charge in [-0.1, -0.05) is 47.5 Å². The first-order chi connectivity index (χ1) is 14.7. The molecule has 6 nitrogen and oxygen atoms in total. The lowest BCUT2D eigenvalue weighted by molar-refractivity contribution is 0.101. The Morgan fingerprint density at radius 3 is 2.03 bits per heavy atom. The van der Waals surface area contributed by atoms with Crippen molar-refractivity contribution in [2.75, 3.05) is 5.32 Å². The zero-order valence-corrected chi connectivity index (χ0v) is 18.7. The third-order valence-corrected chi connectivity index (χ3v) is 6.59. The summed E-state index contributed by atoms with van der Waals surface area (Å²) >= 11 is 11.8. The lowest BCUT2D eigenvalue weighted by Crippen LogP contribution is -2.23. The molecule has 3 aromatic rings. The van der Waals surface area contributed by atoms with Gasteiger partial charge in [0.2, 0.25) is 10.0 Å². The Balaban J connectivity index is 1.62. The van der Waals surface area contributed by atoms with Crippen molar-refractivity contribution in [2.45, 2.75) is 18.4 Å². The second-order valence-electron chi connectivity index (χ2n) is 6.69. The molecule has 0 fully saturated rings. The molecular formula is C22H18Cl2N2O4S. The summed E-state index contributed by atoms with van der Waals surface area (Å²) in [4.78, 5) is 23.8. The highest BCUT2D eigenvalue weighted by molar-refractivity contribution is 7.89. The third-order valence-electron chi connectivity index (χ3n) is 4.43. The topological polar surface area (TPSA) is 92.3 Å². The fourth-order valence-corrected chi connectivity index (χ4v) is 4.00. The molecular weight excluding hydrogens is 459 g/mol. The molecule has 0 aromatic heterocycles. The van der Waals surface area contributed by atoms with Gasteiger partial charge in [-0.2, -0.15) is 0 Å². The number of anilines is 1. The first-order valence-corrected chi connectivity index (χ1v) is 11.4. The molecule has 0 saturated carbocycles. The third kappa shape index (κ3) is 5.92. The first kappa shape index (κ1) is 23.0. The van der Waals surface area contributed by atoms with Crippen LogP contribution in [0.4, 0.5) is 5.69 Å². The minimum atomic E-state index is -3.74. The van der Waals surface area contributed by atoms with E-state index in [1.54, 1.807) is 42.5 Å². The molecule has 3 rings (SSSR count). The van der Waals surface area contributed by atoms with Crippen molar-refractivity contribution < 1.29 is 18.0 Å². The molecule has 160 valence electrons. The Morgan fingerprint density at radius 2 is 1.45 bits per heavy atom. The Hall–Kier alpha value is -2.71. The van der Waals surface area contributed by atoms with Gasteiger partial charge in [-0.05, 0) is 55.0 Å². The lowest BCUT2D eigenvalue weighted by Gasteiger charge is -2.09. The predicted octanol–water partition coefficient (Wildman–Crippen LogP) is 4.93. The van der Waals surface area contributed by atoms with Gasteiger partial charge in [-0.25, -0.2) is 13.1 Å². The van der Waals surface area contributed by atoms with E-state index in [-0.39, 0.29) is 23.1 Å². The second-order valence-corrected chi connectivity index (χ2v) is 9.27. The second kappa shape index (κ2) is 9.62. The average Bonchev–Trinajstić information content (AvgIpc) is 2.75. The quantitative estimate of drug-likeness (QED) is 0.472. The van der Waals surface area contributed by atoms with Gasteiger partial charge in [-0.15, -0.1) is 0 Å². The van der Waals surface area contributed by atoms with E-state index in [0.717, 1.165) is 0 Å². The first-order valence-electron chi connectivity index (χ1n) is 9.12. The maximum absolute atomic E-state index is 12.4. The summed E-state index contributed by atoms with van der Waals surface area (Å²) in [7, 11) is -3.74. The van der Waals surface area contributed by atoms with Crippen LogP contribution in [0.2, 0.25) is 10.0 Å². The van der Waals surface area contributed by atoms with E-state index in [1.165, 1.54) is 31.2 Å². The number of benzene rings is 3. The normalized spacial score (nSPS) is 11.2. The molecule has 0 radical (unpaired) electrons. The highest BCUT2D eigenvalue weighted by Gasteiger charge is 2.14. The molecule has 0 aliphatic carbocycles. The number of sulfonamides is 1. The number of ketones is 1. The van der Waals surface area contributed by atoms with Gasteiger partial charge in [0.1, 0.15) is 0 Å². The van der Waals surface area contributed by atoms with Crippen LogP contribution in [0.15, 0.2) is 71.6 Å². The van der Waals surface area contributed by atoms with Gasteiger partial charge in [0, 0.05) is 23.4 Å². The Morgan fingerprint density at radius 1 is 0.839 bits per heavy atom. The van der Waals surface area contributed by atoms with Gasteiger partial charge in [-0.3, -0.25) is 9.59 Å². The molecule has 0 atom stereocenters. The number of carbonyl (C=O) groups excluding carboxylic acids is 2. The number of nitrogens with one attached hydrogen (secondary N) is 2. The van der Waals surface area contributed by atoms with Gasteiger partial charge in [0.15, 0.2) is 5.78 Å². The maximum atomic E-state index is 12.4. The van der Waals surface area contributed by atoms with Crippen molar-refractivity contribution >= 4 is 50.6 Å². The van der Waals surface area contributed by atoms with E-state index in [4.69, 9.17) is 23.2 Å². The van der Waals surface area contributed by atoms with Gasteiger partial charge < -0.3 is 5.32 Å². The molecule has 31 heavy (non-hydrogen) atoms. The largest absolute Gasteiger partial charge is 0.322 e. The highest BCUT2D eigenvalue weighted by atomic mass is 35.5. The summed E-state index contributed by atoms with van der Waals surface area (Å²) in [6.07, 6.45) is 0. The van der Waals surface area contributed by atoms with E-state index in [9.17, 15) is 18.0 Å². The summed E-state index contributed by atoms with van der Waals surface area (Å²) in [5.41, 5.74) is 2.02. The molecule has 0 unspecified atom stereocenters. The van der Waals surface area contributed by atoms with Crippen LogP contribution in [0.3, 0.4) is 0 Å². The zero-order chi connectivity index (χ0) is 22.6. The van der Waals surface area contributed by atoms with Gasteiger partial charge >= 0.3 is 0 Å². The van der Waals surface area contributed by atoms with Crippen LogP contribution in [-0.4, -0.2) is 20.1 Å².